The molecule has 0 aromatic heterocycles. The quantitative estimate of drug-likeness (QED) is 0.625. The van der Waals surface area contributed by atoms with Crippen LogP contribution >= 0.6 is 0 Å². The number of benzene rings is 1. The Hall–Kier alpha value is -1.71. The van der Waals surface area contributed by atoms with Gasteiger partial charge >= 0.3 is 5.97 Å². The second kappa shape index (κ2) is 5.57. The predicted molar refractivity (Wildman–Crippen MR) is 64.5 cm³/mol. The van der Waals surface area contributed by atoms with Gasteiger partial charge in [0, 0.05) is 5.56 Å². The van der Waals surface area contributed by atoms with E-state index in [4.69, 9.17) is 4.74 Å². The number of carbonyl (C=O) groups excluding carboxylic acids is 1. The molecule has 1 aromatic carbocycles. The highest BCUT2D eigenvalue weighted by atomic mass is 16.5. The van der Waals surface area contributed by atoms with E-state index >= 15 is 0 Å². The summed E-state index contributed by atoms with van der Waals surface area (Å²) in [5.41, 5.74) is 1.20. The molecule has 0 amide bonds. The van der Waals surface area contributed by atoms with Crippen LogP contribution < -0.4 is 0 Å². The van der Waals surface area contributed by atoms with Gasteiger partial charge in [0.2, 0.25) is 0 Å². The van der Waals surface area contributed by atoms with Gasteiger partial charge in [-0.25, -0.2) is 4.79 Å². The van der Waals surface area contributed by atoms with Crippen molar-refractivity contribution in [3.63, 3.8) is 0 Å². The molecular formula is C13H18O4. The zero-order valence-electron chi connectivity index (χ0n) is 10.4. The van der Waals surface area contributed by atoms with Crippen LogP contribution in [0.3, 0.4) is 0 Å². The summed E-state index contributed by atoms with van der Waals surface area (Å²) in [5, 5.41) is 19.4. The first kappa shape index (κ1) is 13.4. The fourth-order valence-corrected chi connectivity index (χ4v) is 1.56. The molecule has 0 fully saturated rings. The number of hydrogen-bond acceptors (Lipinski definition) is 4. The van der Waals surface area contributed by atoms with Gasteiger partial charge in [0.05, 0.1) is 12.2 Å². The summed E-state index contributed by atoms with van der Waals surface area (Å²) < 4.78 is 5.02. The van der Waals surface area contributed by atoms with Crippen molar-refractivity contribution < 1.29 is 19.7 Å². The van der Waals surface area contributed by atoms with E-state index in [0.717, 1.165) is 6.42 Å². The van der Waals surface area contributed by atoms with Crippen molar-refractivity contribution in [3.8, 4) is 11.5 Å². The van der Waals surface area contributed by atoms with Crippen molar-refractivity contribution in [2.45, 2.75) is 33.6 Å². The zero-order chi connectivity index (χ0) is 13.0. The molecule has 0 saturated carbocycles. The Kier molecular flexibility index (Phi) is 4.37. The number of ether oxygens (including phenoxy) is 1. The first-order valence-electron chi connectivity index (χ1n) is 5.74. The predicted octanol–water partition coefficient (Wildman–Crippen LogP) is 2.54. The van der Waals surface area contributed by atoms with Gasteiger partial charge in [-0.2, -0.15) is 0 Å². The number of aromatic hydroxyl groups is 2. The van der Waals surface area contributed by atoms with Crippen LogP contribution in [0.2, 0.25) is 0 Å². The van der Waals surface area contributed by atoms with Gasteiger partial charge in [-0.1, -0.05) is 13.8 Å². The largest absolute Gasteiger partial charge is 0.504 e. The summed E-state index contributed by atoms with van der Waals surface area (Å²) in [6.07, 6.45) is 1.28. The van der Waals surface area contributed by atoms with Gasteiger partial charge in [0.15, 0.2) is 11.5 Å². The molecule has 4 heteroatoms. The Morgan fingerprint density at radius 1 is 1.29 bits per heavy atom. The highest BCUT2D eigenvalue weighted by Crippen LogP contribution is 2.35. The summed E-state index contributed by atoms with van der Waals surface area (Å²) in [6, 6.07) is 1.57. The van der Waals surface area contributed by atoms with E-state index in [2.05, 4.69) is 0 Å². The van der Waals surface area contributed by atoms with Crippen molar-refractivity contribution in [1.29, 1.82) is 0 Å². The molecular weight excluding hydrogens is 220 g/mol. The van der Waals surface area contributed by atoms with Crippen LogP contribution in [0, 0.1) is 6.92 Å². The second-order valence-corrected chi connectivity index (χ2v) is 3.89. The molecule has 0 atom stereocenters. The number of carbonyl (C=O) groups is 1. The van der Waals surface area contributed by atoms with Crippen LogP contribution in [0.1, 0.15) is 41.8 Å². The van der Waals surface area contributed by atoms with Crippen LogP contribution in [-0.2, 0) is 11.2 Å². The fourth-order valence-electron chi connectivity index (χ4n) is 1.56. The number of phenolic OH excluding ortho intramolecular Hbond substituents is 2. The molecule has 0 saturated heterocycles. The molecule has 17 heavy (non-hydrogen) atoms. The summed E-state index contributed by atoms with van der Waals surface area (Å²) in [4.78, 5) is 11.7. The number of esters is 1. The smallest absolute Gasteiger partial charge is 0.338 e. The Morgan fingerprint density at radius 2 is 1.94 bits per heavy atom. The molecule has 0 spiro atoms. The number of rotatable bonds is 4. The summed E-state index contributed by atoms with van der Waals surface area (Å²) in [7, 11) is 0. The molecule has 0 radical (unpaired) electrons. The number of aryl methyl sites for hydroxylation is 1. The van der Waals surface area contributed by atoms with E-state index in [1.165, 1.54) is 0 Å². The minimum atomic E-state index is -0.464. The topological polar surface area (TPSA) is 66.8 Å². The molecule has 0 bridgehead atoms. The lowest BCUT2D eigenvalue weighted by molar-refractivity contribution is 0.0503. The molecule has 0 unspecified atom stereocenters. The summed E-state index contributed by atoms with van der Waals surface area (Å²) >= 11 is 0. The van der Waals surface area contributed by atoms with Gasteiger partial charge in [-0.3, -0.25) is 0 Å². The van der Waals surface area contributed by atoms with Crippen LogP contribution in [0.15, 0.2) is 6.07 Å². The normalized spacial score (nSPS) is 10.3. The van der Waals surface area contributed by atoms with Crippen molar-refractivity contribution in [2.75, 3.05) is 6.61 Å². The molecule has 1 aromatic rings. The van der Waals surface area contributed by atoms with Crippen LogP contribution in [0.4, 0.5) is 0 Å². The Labute approximate surface area is 101 Å². The first-order valence-corrected chi connectivity index (χ1v) is 5.74. The minimum Gasteiger partial charge on any atom is -0.504 e. The second-order valence-electron chi connectivity index (χ2n) is 3.89. The summed E-state index contributed by atoms with van der Waals surface area (Å²) in [6.45, 7) is 5.68. The monoisotopic (exact) mass is 238 g/mol. The van der Waals surface area contributed by atoms with Crippen molar-refractivity contribution in [1.82, 2.24) is 0 Å². The van der Waals surface area contributed by atoms with Crippen molar-refractivity contribution >= 4 is 5.97 Å². The fraction of sp³-hybridized carbons (Fsp3) is 0.462. The highest BCUT2D eigenvalue weighted by molar-refractivity contribution is 5.92. The first-order chi connectivity index (χ1) is 8.02. The molecule has 0 heterocycles. The van der Waals surface area contributed by atoms with Gasteiger partial charge in [0.1, 0.15) is 0 Å². The van der Waals surface area contributed by atoms with E-state index in [0.29, 0.717) is 29.7 Å². The average molecular weight is 238 g/mol. The SMILES string of the molecule is CCCOC(=O)c1cc(CC)c(O)c(O)c1C. The molecule has 0 aliphatic carbocycles. The van der Waals surface area contributed by atoms with Gasteiger partial charge in [0.25, 0.3) is 0 Å². The Morgan fingerprint density at radius 3 is 2.47 bits per heavy atom. The zero-order valence-corrected chi connectivity index (χ0v) is 10.4. The van der Waals surface area contributed by atoms with E-state index < -0.39 is 5.97 Å². The lowest BCUT2D eigenvalue weighted by atomic mass is 10.0. The maximum atomic E-state index is 11.7. The molecule has 0 aliphatic rings. The van der Waals surface area contributed by atoms with Crippen LogP contribution in [-0.4, -0.2) is 22.8 Å². The van der Waals surface area contributed by atoms with E-state index in [-0.39, 0.29) is 11.5 Å². The molecule has 2 N–H and O–H groups in total. The molecule has 94 valence electrons. The van der Waals surface area contributed by atoms with Crippen LogP contribution in [0.25, 0.3) is 0 Å². The molecule has 4 nitrogen and oxygen atoms in total. The molecule has 0 aliphatic heterocycles. The van der Waals surface area contributed by atoms with Crippen molar-refractivity contribution in [3.05, 3.63) is 22.8 Å². The lowest BCUT2D eigenvalue weighted by Crippen LogP contribution is -2.08. The Bertz CT molecular complexity index is 424. The van der Waals surface area contributed by atoms with E-state index in [9.17, 15) is 15.0 Å². The standard InChI is InChI=1S/C13H18O4/c1-4-6-17-13(16)10-7-9(5-2)12(15)11(14)8(10)3/h7,14-15H,4-6H2,1-3H3. The van der Waals surface area contributed by atoms with Gasteiger partial charge < -0.3 is 14.9 Å². The van der Waals surface area contributed by atoms with Gasteiger partial charge in [-0.05, 0) is 31.4 Å². The maximum absolute atomic E-state index is 11.7. The van der Waals surface area contributed by atoms with E-state index in [1.54, 1.807) is 13.0 Å². The van der Waals surface area contributed by atoms with Gasteiger partial charge in [-0.15, -0.1) is 0 Å². The third kappa shape index (κ3) is 2.70. The van der Waals surface area contributed by atoms with Crippen molar-refractivity contribution in [2.24, 2.45) is 0 Å². The highest BCUT2D eigenvalue weighted by Gasteiger charge is 2.18. The third-order valence-electron chi connectivity index (χ3n) is 2.64. The molecule has 1 rings (SSSR count). The lowest BCUT2D eigenvalue weighted by Gasteiger charge is -2.12. The van der Waals surface area contributed by atoms with E-state index in [1.807, 2.05) is 13.8 Å². The van der Waals surface area contributed by atoms with Crippen LogP contribution in [0.5, 0.6) is 11.5 Å². The number of phenols is 2. The maximum Gasteiger partial charge on any atom is 0.338 e. The average Bonchev–Trinajstić information content (AvgIpc) is 2.33. The number of hydrogen-bond donors (Lipinski definition) is 2. The summed E-state index contributed by atoms with van der Waals surface area (Å²) in [5.74, 6) is -0.862. The third-order valence-corrected chi connectivity index (χ3v) is 2.64. The minimum absolute atomic E-state index is 0.156. The Balaban J connectivity index is 3.15.